The molecule has 37 heavy (non-hydrogen) atoms. The number of cyclic esters (lactones) is 1. The third-order valence-electron chi connectivity index (χ3n) is 7.49. The quantitative estimate of drug-likeness (QED) is 0.586. The lowest BCUT2D eigenvalue weighted by molar-refractivity contribution is -0.180. The Labute approximate surface area is 217 Å². The third-order valence-corrected chi connectivity index (χ3v) is 7.49. The molecule has 9 nitrogen and oxygen atoms in total. The predicted molar refractivity (Wildman–Crippen MR) is 132 cm³/mol. The molecule has 2 saturated heterocycles. The lowest BCUT2D eigenvalue weighted by Crippen LogP contribution is -2.51. The highest BCUT2D eigenvalue weighted by molar-refractivity contribution is 5.95. The Kier molecular flexibility index (Phi) is 8.93. The number of fused-ring (bicyclic) bond motifs is 2. The van der Waals surface area contributed by atoms with Crippen LogP contribution in [-0.2, 0) is 44.7 Å². The van der Waals surface area contributed by atoms with Crippen LogP contribution < -0.4 is 0 Å². The van der Waals surface area contributed by atoms with Crippen LogP contribution in [-0.4, -0.2) is 64.2 Å². The molecule has 0 radical (unpaired) electrons. The van der Waals surface area contributed by atoms with E-state index in [1.807, 2.05) is 37.3 Å². The van der Waals surface area contributed by atoms with E-state index in [1.54, 1.807) is 13.8 Å². The van der Waals surface area contributed by atoms with Crippen molar-refractivity contribution in [2.45, 2.75) is 103 Å². The van der Waals surface area contributed by atoms with Crippen molar-refractivity contribution in [1.82, 2.24) is 0 Å². The lowest BCUT2D eigenvalue weighted by atomic mass is 9.81. The molecule has 0 aromatic heterocycles. The zero-order valence-corrected chi connectivity index (χ0v) is 22.4. The predicted octanol–water partition coefficient (Wildman–Crippen LogP) is 2.94. The summed E-state index contributed by atoms with van der Waals surface area (Å²) in [6.07, 6.45) is -4.01. The van der Waals surface area contributed by atoms with Crippen LogP contribution in [0.1, 0.15) is 66.4 Å². The summed E-state index contributed by atoms with van der Waals surface area (Å²) in [5.41, 5.74) is -2.45. The molecule has 2 fully saturated rings. The minimum Gasteiger partial charge on any atom is -0.459 e. The van der Waals surface area contributed by atoms with Crippen molar-refractivity contribution in [3.05, 3.63) is 35.9 Å². The molecule has 0 unspecified atom stereocenters. The van der Waals surface area contributed by atoms with Gasteiger partial charge in [0.1, 0.15) is 17.8 Å². The van der Waals surface area contributed by atoms with Gasteiger partial charge < -0.3 is 24.1 Å². The molecule has 0 aliphatic carbocycles. The first-order valence-electron chi connectivity index (χ1n) is 12.8. The minimum absolute atomic E-state index is 0.147. The summed E-state index contributed by atoms with van der Waals surface area (Å²) in [5, 5.41) is 11.2. The second-order valence-electron chi connectivity index (χ2n) is 10.6. The van der Waals surface area contributed by atoms with Crippen LogP contribution in [0.3, 0.4) is 0 Å². The van der Waals surface area contributed by atoms with Gasteiger partial charge in [0.25, 0.3) is 0 Å². The van der Waals surface area contributed by atoms with Gasteiger partial charge in [-0.05, 0) is 45.1 Å². The Balaban J connectivity index is 2.00. The number of carbonyl (C=O) groups excluding carboxylic acids is 4. The SMILES string of the molecule is CC[C@H]1OC(=O)[C@H](C)[C@H]2O[C@@](C)(C[C@@H](C)[C@H](OCc3ccccc3)CC(=O)[C@]1(C)O)C(=O)[C@@H]2OC(C)=O. The Bertz CT molecular complexity index is 1000. The zero-order chi connectivity index (χ0) is 27.5. The van der Waals surface area contributed by atoms with Crippen LogP contribution in [0.2, 0.25) is 0 Å². The monoisotopic (exact) mass is 518 g/mol. The lowest BCUT2D eigenvalue weighted by Gasteiger charge is -2.34. The fourth-order valence-electron chi connectivity index (χ4n) is 5.18. The highest BCUT2D eigenvalue weighted by atomic mass is 16.6. The van der Waals surface area contributed by atoms with Crippen LogP contribution in [0.4, 0.5) is 0 Å². The number of benzene rings is 1. The van der Waals surface area contributed by atoms with Gasteiger partial charge in [0, 0.05) is 13.3 Å². The number of hydrogen-bond acceptors (Lipinski definition) is 9. The second-order valence-corrected chi connectivity index (χ2v) is 10.6. The van der Waals surface area contributed by atoms with Crippen molar-refractivity contribution in [1.29, 1.82) is 0 Å². The average Bonchev–Trinajstić information content (AvgIpc) is 3.08. The molecule has 1 aromatic carbocycles. The maximum absolute atomic E-state index is 13.5. The fourth-order valence-corrected chi connectivity index (χ4v) is 5.18. The first-order valence-corrected chi connectivity index (χ1v) is 12.8. The zero-order valence-electron chi connectivity index (χ0n) is 22.4. The van der Waals surface area contributed by atoms with E-state index in [2.05, 4.69) is 0 Å². The van der Waals surface area contributed by atoms with E-state index in [-0.39, 0.29) is 31.8 Å². The molecule has 9 heteroatoms. The van der Waals surface area contributed by atoms with Crippen LogP contribution in [0.15, 0.2) is 30.3 Å². The van der Waals surface area contributed by atoms with Gasteiger partial charge in [-0.15, -0.1) is 0 Å². The molecule has 0 spiro atoms. The summed E-state index contributed by atoms with van der Waals surface area (Å²) in [5.74, 6) is -3.79. The number of esters is 2. The number of carbonyl (C=O) groups is 4. The van der Waals surface area contributed by atoms with Crippen LogP contribution in [0, 0.1) is 11.8 Å². The third kappa shape index (κ3) is 6.27. The summed E-state index contributed by atoms with van der Waals surface area (Å²) in [6, 6.07) is 9.44. The highest BCUT2D eigenvalue weighted by Crippen LogP contribution is 2.40. The van der Waals surface area contributed by atoms with Crippen molar-refractivity contribution in [3.8, 4) is 0 Å². The number of ether oxygens (including phenoxy) is 4. The molecule has 1 N–H and O–H groups in total. The van der Waals surface area contributed by atoms with E-state index in [0.29, 0.717) is 0 Å². The van der Waals surface area contributed by atoms with Gasteiger partial charge in [0.05, 0.1) is 18.6 Å². The smallest absolute Gasteiger partial charge is 0.311 e. The first kappa shape index (κ1) is 28.9. The Morgan fingerprint density at radius 2 is 1.78 bits per heavy atom. The summed E-state index contributed by atoms with van der Waals surface area (Å²) in [7, 11) is 0. The molecular formula is C28H38O9. The van der Waals surface area contributed by atoms with Crippen molar-refractivity contribution in [2.24, 2.45) is 11.8 Å². The number of aliphatic hydroxyl groups is 1. The number of ketones is 2. The van der Waals surface area contributed by atoms with E-state index >= 15 is 0 Å². The van der Waals surface area contributed by atoms with Crippen molar-refractivity contribution in [3.63, 3.8) is 0 Å². The number of hydrogen-bond donors (Lipinski definition) is 1. The minimum atomic E-state index is -1.96. The summed E-state index contributed by atoms with van der Waals surface area (Å²) >= 11 is 0. The average molecular weight is 519 g/mol. The van der Waals surface area contributed by atoms with Gasteiger partial charge in [-0.1, -0.05) is 44.2 Å². The Hall–Kier alpha value is -2.62. The molecular weight excluding hydrogens is 480 g/mol. The molecule has 0 saturated carbocycles. The summed E-state index contributed by atoms with van der Waals surface area (Å²) < 4.78 is 23.3. The van der Waals surface area contributed by atoms with E-state index in [0.717, 1.165) is 5.56 Å². The molecule has 3 rings (SSSR count). The van der Waals surface area contributed by atoms with Gasteiger partial charge >= 0.3 is 11.9 Å². The molecule has 2 heterocycles. The first-order chi connectivity index (χ1) is 17.3. The Morgan fingerprint density at radius 3 is 2.38 bits per heavy atom. The molecule has 204 valence electrons. The summed E-state index contributed by atoms with van der Waals surface area (Å²) in [6.45, 7) is 9.40. The standard InChI is InChI=1S/C28H38O9/c1-7-22-28(6,33)21(30)13-20(34-15-19-11-9-8-10-12-19)16(2)14-27(5)25(31)24(35-18(4)29)23(37-27)17(3)26(32)36-22/h8-12,16-17,20,22-24,33H,7,13-15H2,1-6H3/t16-,17-,20-,22-,23-,24-,27+,28+/m1/s1. The molecule has 2 aliphatic heterocycles. The topological polar surface area (TPSA) is 125 Å². The van der Waals surface area contributed by atoms with Gasteiger partial charge in [-0.25, -0.2) is 0 Å². The van der Waals surface area contributed by atoms with Gasteiger partial charge in [0.2, 0.25) is 5.78 Å². The van der Waals surface area contributed by atoms with Gasteiger partial charge in [-0.2, -0.15) is 0 Å². The molecule has 8 atom stereocenters. The normalized spacial score (nSPS) is 37.2. The second kappa shape index (κ2) is 11.4. The van der Waals surface area contributed by atoms with Crippen LogP contribution >= 0.6 is 0 Å². The largest absolute Gasteiger partial charge is 0.459 e. The van der Waals surface area contributed by atoms with Crippen molar-refractivity contribution >= 4 is 23.5 Å². The van der Waals surface area contributed by atoms with Gasteiger partial charge in [0.15, 0.2) is 17.5 Å². The van der Waals surface area contributed by atoms with Crippen molar-refractivity contribution in [2.75, 3.05) is 0 Å². The van der Waals surface area contributed by atoms with Crippen LogP contribution in [0.25, 0.3) is 0 Å². The molecule has 0 amide bonds. The van der Waals surface area contributed by atoms with Crippen molar-refractivity contribution < 1.29 is 43.2 Å². The Morgan fingerprint density at radius 1 is 1.14 bits per heavy atom. The van der Waals surface area contributed by atoms with Gasteiger partial charge in [-0.3, -0.25) is 19.2 Å². The molecule has 2 bridgehead atoms. The molecule has 1 aromatic rings. The highest BCUT2D eigenvalue weighted by Gasteiger charge is 2.57. The van der Waals surface area contributed by atoms with E-state index in [4.69, 9.17) is 18.9 Å². The van der Waals surface area contributed by atoms with Crippen LogP contribution in [0.5, 0.6) is 0 Å². The summed E-state index contributed by atoms with van der Waals surface area (Å²) in [4.78, 5) is 51.8. The number of Topliss-reactive ketones (excluding diaryl/α,β-unsaturated/α-hetero) is 2. The fraction of sp³-hybridized carbons (Fsp3) is 0.643. The van der Waals surface area contributed by atoms with E-state index in [9.17, 15) is 24.3 Å². The van der Waals surface area contributed by atoms with E-state index in [1.165, 1.54) is 20.8 Å². The molecule has 2 aliphatic rings. The maximum Gasteiger partial charge on any atom is 0.311 e. The maximum atomic E-state index is 13.5. The van der Waals surface area contributed by atoms with E-state index < -0.39 is 65.0 Å². The number of rotatable bonds is 5.